The highest BCUT2D eigenvalue weighted by molar-refractivity contribution is 5.99. The van der Waals surface area contributed by atoms with Crippen LogP contribution in [0.1, 0.15) is 0 Å². The number of para-hydroxylation sites is 1. The molecule has 102 valence electrons. The number of amides is 2. The van der Waals surface area contributed by atoms with Crippen molar-refractivity contribution in [2.45, 2.75) is 0 Å². The number of nitrogens with one attached hydrogen (secondary N) is 2. The van der Waals surface area contributed by atoms with Gasteiger partial charge in [-0.05, 0) is 36.4 Å². The molecule has 2 rings (SSSR count). The number of carbonyl (C=O) groups excluding carboxylic acids is 1. The molecule has 4 heteroatoms. The van der Waals surface area contributed by atoms with Gasteiger partial charge in [0.15, 0.2) is 0 Å². The zero-order chi connectivity index (χ0) is 14.2. The third-order valence-corrected chi connectivity index (χ3v) is 2.51. The summed E-state index contributed by atoms with van der Waals surface area (Å²) in [5.74, 6) is 0.735. The lowest BCUT2D eigenvalue weighted by Gasteiger charge is -2.08. The normalized spacial score (nSPS) is 9.60. The Hall–Kier alpha value is -2.75. The molecule has 2 aromatic rings. The van der Waals surface area contributed by atoms with Gasteiger partial charge in [-0.3, -0.25) is 0 Å². The Labute approximate surface area is 118 Å². The molecule has 0 aliphatic carbocycles. The van der Waals surface area contributed by atoms with Crippen molar-refractivity contribution in [1.29, 1.82) is 0 Å². The molecule has 0 spiro atoms. The molecule has 0 bridgehead atoms. The predicted octanol–water partition coefficient (Wildman–Crippen LogP) is 3.90. The fraction of sp³-hybridized carbons (Fsp3) is 0.0625. The van der Waals surface area contributed by atoms with E-state index in [0.29, 0.717) is 12.3 Å². The molecule has 0 heterocycles. The Balaban J connectivity index is 1.89. The summed E-state index contributed by atoms with van der Waals surface area (Å²) in [5.41, 5.74) is 1.44. The fourth-order valence-electron chi connectivity index (χ4n) is 1.60. The van der Waals surface area contributed by atoms with Crippen LogP contribution in [0.2, 0.25) is 0 Å². The van der Waals surface area contributed by atoms with E-state index in [9.17, 15) is 4.79 Å². The lowest BCUT2D eigenvalue weighted by atomic mass is 10.3. The molecule has 0 atom stereocenters. The van der Waals surface area contributed by atoms with Crippen molar-refractivity contribution >= 4 is 17.4 Å². The van der Waals surface area contributed by atoms with Gasteiger partial charge >= 0.3 is 6.03 Å². The number of anilines is 2. The molecule has 0 fully saturated rings. The van der Waals surface area contributed by atoms with E-state index < -0.39 is 0 Å². The molecule has 0 aromatic heterocycles. The van der Waals surface area contributed by atoms with Crippen molar-refractivity contribution in [3.63, 3.8) is 0 Å². The van der Waals surface area contributed by atoms with Crippen LogP contribution in [-0.2, 0) is 0 Å². The van der Waals surface area contributed by atoms with Gasteiger partial charge in [0.05, 0.1) is 0 Å². The molecule has 2 amide bonds. The van der Waals surface area contributed by atoms with Gasteiger partial charge in [0.1, 0.15) is 12.4 Å². The number of urea groups is 1. The summed E-state index contributed by atoms with van der Waals surface area (Å²) in [6, 6.07) is 16.1. The predicted molar refractivity (Wildman–Crippen MR) is 81.2 cm³/mol. The maximum absolute atomic E-state index is 11.8. The van der Waals surface area contributed by atoms with Crippen LogP contribution in [0.4, 0.5) is 16.2 Å². The monoisotopic (exact) mass is 268 g/mol. The molecule has 2 N–H and O–H groups in total. The summed E-state index contributed by atoms with van der Waals surface area (Å²) in [5, 5.41) is 5.49. The highest BCUT2D eigenvalue weighted by Crippen LogP contribution is 2.16. The minimum absolute atomic E-state index is 0.282. The van der Waals surface area contributed by atoms with Crippen molar-refractivity contribution in [2.75, 3.05) is 17.2 Å². The lowest BCUT2D eigenvalue weighted by Crippen LogP contribution is -2.19. The molecule has 0 aliphatic rings. The Kier molecular flexibility index (Phi) is 4.78. The van der Waals surface area contributed by atoms with Crippen LogP contribution in [0.5, 0.6) is 5.75 Å². The van der Waals surface area contributed by atoms with E-state index in [1.165, 1.54) is 0 Å². The van der Waals surface area contributed by atoms with Gasteiger partial charge in [-0.25, -0.2) is 4.79 Å². The number of ether oxygens (including phenoxy) is 1. The highest BCUT2D eigenvalue weighted by Gasteiger charge is 2.02. The van der Waals surface area contributed by atoms with Crippen LogP contribution in [0.3, 0.4) is 0 Å². The van der Waals surface area contributed by atoms with Gasteiger partial charge in [-0.1, -0.05) is 30.9 Å². The second kappa shape index (κ2) is 6.99. The topological polar surface area (TPSA) is 50.4 Å². The van der Waals surface area contributed by atoms with E-state index in [0.717, 1.165) is 11.4 Å². The quantitative estimate of drug-likeness (QED) is 0.808. The first-order valence-electron chi connectivity index (χ1n) is 6.25. The van der Waals surface area contributed by atoms with Crippen molar-refractivity contribution in [2.24, 2.45) is 0 Å². The van der Waals surface area contributed by atoms with Crippen molar-refractivity contribution in [1.82, 2.24) is 0 Å². The maximum atomic E-state index is 11.8. The van der Waals surface area contributed by atoms with Crippen molar-refractivity contribution in [3.8, 4) is 5.75 Å². The number of hydrogen-bond acceptors (Lipinski definition) is 2. The maximum Gasteiger partial charge on any atom is 0.323 e. The summed E-state index contributed by atoms with van der Waals surface area (Å²) >= 11 is 0. The molecule has 20 heavy (non-hydrogen) atoms. The zero-order valence-electron chi connectivity index (χ0n) is 11.0. The zero-order valence-corrected chi connectivity index (χ0v) is 11.0. The van der Waals surface area contributed by atoms with Crippen molar-refractivity contribution in [3.05, 3.63) is 67.3 Å². The standard InChI is InChI=1S/C16H16N2O2/c1-2-12-20-15-10-8-14(9-11-15)18-16(19)17-13-6-4-3-5-7-13/h2-11H,1,12H2,(H2,17,18,19). The largest absolute Gasteiger partial charge is 0.490 e. The molecule has 4 nitrogen and oxygen atoms in total. The van der Waals surface area contributed by atoms with Crippen LogP contribution in [0.25, 0.3) is 0 Å². The van der Waals surface area contributed by atoms with Crippen LogP contribution >= 0.6 is 0 Å². The molecule has 0 unspecified atom stereocenters. The summed E-state index contributed by atoms with van der Waals surface area (Å²) in [7, 11) is 0. The van der Waals surface area contributed by atoms with Crippen LogP contribution in [-0.4, -0.2) is 12.6 Å². The van der Waals surface area contributed by atoms with E-state index in [2.05, 4.69) is 17.2 Å². The fourth-order valence-corrected chi connectivity index (χ4v) is 1.60. The van der Waals surface area contributed by atoms with E-state index in [1.54, 1.807) is 30.3 Å². The Morgan fingerprint density at radius 2 is 1.60 bits per heavy atom. The number of carbonyl (C=O) groups is 1. The average Bonchev–Trinajstić information content (AvgIpc) is 2.47. The molecule has 0 saturated carbocycles. The van der Waals surface area contributed by atoms with E-state index in [-0.39, 0.29) is 6.03 Å². The van der Waals surface area contributed by atoms with Crippen LogP contribution < -0.4 is 15.4 Å². The minimum atomic E-state index is -0.282. The molecular weight excluding hydrogens is 252 g/mol. The van der Waals surface area contributed by atoms with Gasteiger partial charge in [-0.15, -0.1) is 0 Å². The first kappa shape index (κ1) is 13.7. The van der Waals surface area contributed by atoms with E-state index in [1.807, 2.05) is 30.3 Å². The van der Waals surface area contributed by atoms with Gasteiger partial charge in [0, 0.05) is 11.4 Å². The minimum Gasteiger partial charge on any atom is -0.490 e. The Morgan fingerprint density at radius 1 is 1.00 bits per heavy atom. The molecule has 2 aromatic carbocycles. The van der Waals surface area contributed by atoms with Crippen molar-refractivity contribution < 1.29 is 9.53 Å². The summed E-state index contributed by atoms with van der Waals surface area (Å²) in [6.07, 6.45) is 1.68. The smallest absolute Gasteiger partial charge is 0.323 e. The third kappa shape index (κ3) is 4.17. The molecular formula is C16H16N2O2. The number of rotatable bonds is 5. The van der Waals surface area contributed by atoms with E-state index >= 15 is 0 Å². The second-order valence-electron chi connectivity index (χ2n) is 4.07. The molecule has 0 aliphatic heterocycles. The SMILES string of the molecule is C=CCOc1ccc(NC(=O)Nc2ccccc2)cc1. The average molecular weight is 268 g/mol. The second-order valence-corrected chi connectivity index (χ2v) is 4.07. The van der Waals surface area contributed by atoms with Gasteiger partial charge < -0.3 is 15.4 Å². The van der Waals surface area contributed by atoms with Gasteiger partial charge in [-0.2, -0.15) is 0 Å². The van der Waals surface area contributed by atoms with Crippen LogP contribution in [0.15, 0.2) is 67.3 Å². The number of hydrogen-bond donors (Lipinski definition) is 2. The summed E-state index contributed by atoms with van der Waals surface area (Å²) in [4.78, 5) is 11.8. The Morgan fingerprint density at radius 3 is 2.20 bits per heavy atom. The molecule has 0 radical (unpaired) electrons. The van der Waals surface area contributed by atoms with Gasteiger partial charge in [0.25, 0.3) is 0 Å². The highest BCUT2D eigenvalue weighted by atomic mass is 16.5. The van der Waals surface area contributed by atoms with Gasteiger partial charge in [0.2, 0.25) is 0 Å². The van der Waals surface area contributed by atoms with Crippen LogP contribution in [0, 0.1) is 0 Å². The Bertz CT molecular complexity index is 565. The third-order valence-electron chi connectivity index (χ3n) is 2.51. The molecule has 0 saturated heterocycles. The first-order valence-corrected chi connectivity index (χ1v) is 6.25. The first-order chi connectivity index (χ1) is 9.78. The van der Waals surface area contributed by atoms with E-state index in [4.69, 9.17) is 4.74 Å². The lowest BCUT2D eigenvalue weighted by molar-refractivity contribution is 0.262. The summed E-state index contributed by atoms with van der Waals surface area (Å²) < 4.78 is 5.36. The summed E-state index contributed by atoms with van der Waals surface area (Å²) in [6.45, 7) is 4.04. The number of benzene rings is 2.